The number of phenolic OH excluding ortho intramolecular Hbond substituents is 1. The van der Waals surface area contributed by atoms with Crippen LogP contribution in [0.4, 0.5) is 11.4 Å². The summed E-state index contributed by atoms with van der Waals surface area (Å²) in [7, 11) is 3.11. The predicted molar refractivity (Wildman–Crippen MR) is 133 cm³/mol. The van der Waals surface area contributed by atoms with E-state index in [1.807, 2.05) is 5.38 Å². The maximum Gasteiger partial charge on any atom is 0.312 e. The lowest BCUT2D eigenvalue weighted by molar-refractivity contribution is -0.385. The molecule has 0 atom stereocenters. The van der Waals surface area contributed by atoms with Crippen molar-refractivity contribution in [1.29, 1.82) is 0 Å². The minimum absolute atomic E-state index is 0.0683. The standard InChI is InChI=1S/C23H18ClN5O5S/c1-33-17-5-6-21(34-2)18(10-17)20-13-35-23(27-16-4-3-7-25-12-16)28(20)26-11-14-8-15(24)9-19(22(14)30)29(31)32/h3-13,30H,1-2H3. The molecule has 0 saturated carbocycles. The SMILES string of the molecule is COc1ccc(OC)c(-c2csc(=Nc3cccnc3)n2N=Cc2cc(Cl)cc([N+](=O)[O-])c2O)c1. The molecule has 0 aliphatic carbocycles. The van der Waals surface area contributed by atoms with Crippen molar-refractivity contribution in [2.24, 2.45) is 10.1 Å². The van der Waals surface area contributed by atoms with Gasteiger partial charge in [-0.05, 0) is 36.4 Å². The van der Waals surface area contributed by atoms with E-state index in [9.17, 15) is 15.2 Å². The van der Waals surface area contributed by atoms with Crippen LogP contribution in [-0.4, -0.2) is 40.1 Å². The third-order valence-corrected chi connectivity index (χ3v) is 5.87. The first-order valence-electron chi connectivity index (χ1n) is 10.00. The van der Waals surface area contributed by atoms with Gasteiger partial charge in [0, 0.05) is 33.8 Å². The molecule has 0 bridgehead atoms. The lowest BCUT2D eigenvalue weighted by Crippen LogP contribution is -2.12. The van der Waals surface area contributed by atoms with Gasteiger partial charge in [0.05, 0.1) is 42.9 Å². The fraction of sp³-hybridized carbons (Fsp3) is 0.0870. The van der Waals surface area contributed by atoms with Crippen LogP contribution in [0.2, 0.25) is 5.02 Å². The van der Waals surface area contributed by atoms with Crippen molar-refractivity contribution in [3.63, 3.8) is 0 Å². The van der Waals surface area contributed by atoms with Gasteiger partial charge in [-0.3, -0.25) is 15.1 Å². The molecular weight excluding hydrogens is 494 g/mol. The largest absolute Gasteiger partial charge is 0.502 e. The molecule has 0 saturated heterocycles. The van der Waals surface area contributed by atoms with E-state index >= 15 is 0 Å². The van der Waals surface area contributed by atoms with E-state index < -0.39 is 16.4 Å². The van der Waals surface area contributed by atoms with Crippen molar-refractivity contribution in [1.82, 2.24) is 9.66 Å². The summed E-state index contributed by atoms with van der Waals surface area (Å²) in [5.74, 6) is 0.628. The summed E-state index contributed by atoms with van der Waals surface area (Å²) in [5.41, 5.74) is 1.43. The van der Waals surface area contributed by atoms with Crippen LogP contribution in [0.3, 0.4) is 0 Å². The molecule has 178 valence electrons. The number of hydrogen-bond acceptors (Lipinski definition) is 9. The third kappa shape index (κ3) is 5.15. The fourth-order valence-electron chi connectivity index (χ4n) is 3.18. The number of nitro groups is 1. The summed E-state index contributed by atoms with van der Waals surface area (Å²) in [6, 6.07) is 11.3. The zero-order valence-corrected chi connectivity index (χ0v) is 20.0. The molecule has 1 N–H and O–H groups in total. The Hall–Kier alpha value is -4.22. The van der Waals surface area contributed by atoms with Gasteiger partial charge in [0.15, 0.2) is 0 Å². The van der Waals surface area contributed by atoms with Gasteiger partial charge in [-0.25, -0.2) is 9.67 Å². The van der Waals surface area contributed by atoms with Crippen LogP contribution in [0.25, 0.3) is 11.3 Å². The van der Waals surface area contributed by atoms with E-state index in [0.29, 0.717) is 33.2 Å². The fourth-order valence-corrected chi connectivity index (χ4v) is 4.25. The topological polar surface area (TPSA) is 124 Å². The van der Waals surface area contributed by atoms with Crippen LogP contribution in [-0.2, 0) is 0 Å². The molecule has 0 amide bonds. The zero-order valence-electron chi connectivity index (χ0n) is 18.5. The minimum Gasteiger partial charge on any atom is -0.502 e. The highest BCUT2D eigenvalue weighted by molar-refractivity contribution is 7.07. The first kappa shape index (κ1) is 23.9. The molecule has 12 heteroatoms. The number of ether oxygens (including phenoxy) is 2. The number of methoxy groups -OCH3 is 2. The number of benzene rings is 2. The molecule has 0 radical (unpaired) electrons. The van der Waals surface area contributed by atoms with E-state index in [1.54, 1.807) is 56.9 Å². The van der Waals surface area contributed by atoms with Crippen LogP contribution in [0.1, 0.15) is 5.56 Å². The number of rotatable bonds is 7. The Morgan fingerprint density at radius 3 is 2.74 bits per heavy atom. The Bertz CT molecular complexity index is 1480. The summed E-state index contributed by atoms with van der Waals surface area (Å²) >= 11 is 7.34. The smallest absolute Gasteiger partial charge is 0.312 e. The van der Waals surface area contributed by atoms with Crippen molar-refractivity contribution in [2.75, 3.05) is 14.2 Å². The first-order valence-corrected chi connectivity index (χ1v) is 11.3. The molecule has 4 rings (SSSR count). The zero-order chi connectivity index (χ0) is 24.9. The van der Waals surface area contributed by atoms with Gasteiger partial charge in [0.25, 0.3) is 0 Å². The second kappa shape index (κ2) is 10.4. The molecule has 4 aromatic rings. The molecule has 10 nitrogen and oxygen atoms in total. The van der Waals surface area contributed by atoms with E-state index in [2.05, 4.69) is 15.1 Å². The van der Waals surface area contributed by atoms with Gasteiger partial charge in [0.1, 0.15) is 11.5 Å². The molecule has 0 aliphatic heterocycles. The Morgan fingerprint density at radius 2 is 2.06 bits per heavy atom. The first-order chi connectivity index (χ1) is 16.9. The average molecular weight is 512 g/mol. The highest BCUT2D eigenvalue weighted by Crippen LogP contribution is 2.35. The number of thiazole rings is 1. The number of aromatic hydroxyl groups is 1. The van der Waals surface area contributed by atoms with Gasteiger partial charge >= 0.3 is 5.69 Å². The molecule has 35 heavy (non-hydrogen) atoms. The molecule has 2 aromatic carbocycles. The normalized spacial score (nSPS) is 11.7. The molecular formula is C23H18ClN5O5S. The van der Waals surface area contributed by atoms with Crippen molar-refractivity contribution >= 4 is 40.5 Å². The third-order valence-electron chi connectivity index (χ3n) is 4.83. The van der Waals surface area contributed by atoms with Gasteiger partial charge in [-0.15, -0.1) is 11.3 Å². The van der Waals surface area contributed by atoms with Crippen molar-refractivity contribution in [3.05, 3.63) is 85.7 Å². The highest BCUT2D eigenvalue weighted by atomic mass is 35.5. The molecule has 0 fully saturated rings. The maximum atomic E-state index is 11.3. The van der Waals surface area contributed by atoms with Gasteiger partial charge in [-0.2, -0.15) is 5.10 Å². The van der Waals surface area contributed by atoms with Crippen LogP contribution in [0, 0.1) is 10.1 Å². The lowest BCUT2D eigenvalue weighted by atomic mass is 10.1. The second-order valence-corrected chi connectivity index (χ2v) is 8.24. The molecule has 0 aliphatic rings. The number of phenols is 1. The average Bonchev–Trinajstić information content (AvgIpc) is 3.26. The van der Waals surface area contributed by atoms with Crippen molar-refractivity contribution < 1.29 is 19.5 Å². The highest BCUT2D eigenvalue weighted by Gasteiger charge is 2.19. The van der Waals surface area contributed by atoms with Crippen LogP contribution in [0.5, 0.6) is 17.2 Å². The van der Waals surface area contributed by atoms with Crippen LogP contribution in [0.15, 0.2) is 70.3 Å². The Kier molecular flexibility index (Phi) is 7.09. The Morgan fingerprint density at radius 1 is 1.23 bits per heavy atom. The quantitative estimate of drug-likeness (QED) is 0.211. The van der Waals surface area contributed by atoms with E-state index in [0.717, 1.165) is 6.07 Å². The summed E-state index contributed by atoms with van der Waals surface area (Å²) in [5, 5.41) is 28.1. The van der Waals surface area contributed by atoms with Gasteiger partial charge < -0.3 is 14.6 Å². The van der Waals surface area contributed by atoms with Crippen LogP contribution < -0.4 is 14.3 Å². The van der Waals surface area contributed by atoms with Crippen molar-refractivity contribution in [3.8, 4) is 28.5 Å². The molecule has 0 spiro atoms. The van der Waals surface area contributed by atoms with Gasteiger partial charge in [-0.1, -0.05) is 11.6 Å². The number of nitro benzene ring substituents is 1. The van der Waals surface area contributed by atoms with Crippen LogP contribution >= 0.6 is 22.9 Å². The number of aromatic nitrogens is 2. The van der Waals surface area contributed by atoms with E-state index in [1.165, 1.54) is 28.3 Å². The summed E-state index contributed by atoms with van der Waals surface area (Å²) < 4.78 is 12.4. The maximum absolute atomic E-state index is 11.3. The monoisotopic (exact) mass is 511 g/mol. The molecule has 2 heterocycles. The molecule has 0 unspecified atom stereocenters. The van der Waals surface area contributed by atoms with Gasteiger partial charge in [0.2, 0.25) is 10.6 Å². The summed E-state index contributed by atoms with van der Waals surface area (Å²) in [4.78, 5) is 19.7. The predicted octanol–water partition coefficient (Wildman–Crippen LogP) is 5.01. The summed E-state index contributed by atoms with van der Waals surface area (Å²) in [6.45, 7) is 0. The van der Waals surface area contributed by atoms with E-state index in [4.69, 9.17) is 21.1 Å². The minimum atomic E-state index is -0.716. The Labute approximate surface area is 208 Å². The molecule has 2 aromatic heterocycles. The number of nitrogens with zero attached hydrogens (tertiary/aromatic N) is 5. The van der Waals surface area contributed by atoms with Crippen molar-refractivity contribution in [2.45, 2.75) is 0 Å². The number of pyridine rings is 1. The number of hydrogen-bond donors (Lipinski definition) is 1. The Balaban J connectivity index is 1.93. The lowest BCUT2D eigenvalue weighted by Gasteiger charge is -2.11. The number of halogens is 1. The second-order valence-electron chi connectivity index (χ2n) is 6.97. The summed E-state index contributed by atoms with van der Waals surface area (Å²) in [6.07, 6.45) is 4.52. The van der Waals surface area contributed by atoms with E-state index in [-0.39, 0.29) is 10.6 Å².